The zero-order valence-electron chi connectivity index (χ0n) is 30.1. The molecule has 0 atom stereocenters. The topological polar surface area (TPSA) is 107 Å². The van der Waals surface area contributed by atoms with Gasteiger partial charge in [-0.3, -0.25) is 0 Å². The molecule has 2 aliphatic heterocycles. The van der Waals surface area contributed by atoms with Crippen molar-refractivity contribution in [3.8, 4) is 22.5 Å². The highest BCUT2D eigenvalue weighted by Crippen LogP contribution is 2.32. The van der Waals surface area contributed by atoms with Gasteiger partial charge in [-0.25, -0.2) is 44.4 Å². The maximum absolute atomic E-state index is 13.7. The Labute approximate surface area is 350 Å². The fraction of sp³-hybridized carbons (Fsp3) is 0.211. The summed E-state index contributed by atoms with van der Waals surface area (Å²) in [5, 5.41) is 5.45. The fourth-order valence-electron chi connectivity index (χ4n) is 6.23. The molecule has 0 N–H and O–H groups in total. The van der Waals surface area contributed by atoms with Gasteiger partial charge in [0.25, 0.3) is 0 Å². The van der Waals surface area contributed by atoms with Crippen molar-refractivity contribution in [2.45, 2.75) is 9.79 Å². The second kappa shape index (κ2) is 17.6. The first-order valence-electron chi connectivity index (χ1n) is 17.5. The highest BCUT2D eigenvalue weighted by atomic mass is 35.5. The molecule has 2 fully saturated rings. The molecule has 20 heteroatoms. The van der Waals surface area contributed by atoms with E-state index in [9.17, 15) is 34.4 Å². The largest absolute Gasteiger partial charge is 0.345 e. The molecule has 10 nitrogen and oxygen atoms in total. The van der Waals surface area contributed by atoms with E-state index in [-0.39, 0.29) is 41.0 Å². The van der Waals surface area contributed by atoms with Crippen molar-refractivity contribution in [2.24, 2.45) is 0 Å². The molecule has 0 amide bonds. The lowest BCUT2D eigenvalue weighted by atomic mass is 10.2. The van der Waals surface area contributed by atoms with Gasteiger partial charge in [0.2, 0.25) is 20.0 Å². The molecule has 0 unspecified atom stereocenters. The van der Waals surface area contributed by atoms with E-state index in [4.69, 9.17) is 23.2 Å². The minimum atomic E-state index is -3.74. The average Bonchev–Trinajstić information content (AvgIpc) is 3.91. The van der Waals surface area contributed by atoms with Crippen LogP contribution in [0.25, 0.3) is 22.5 Å². The Morgan fingerprint density at radius 2 is 1.02 bits per heavy atom. The number of aromatic nitrogens is 2. The van der Waals surface area contributed by atoms with E-state index >= 15 is 0 Å². The van der Waals surface area contributed by atoms with Crippen LogP contribution >= 0.6 is 45.9 Å². The molecule has 0 radical (unpaired) electrons. The lowest BCUT2D eigenvalue weighted by molar-refractivity contribution is 0.384. The second-order valence-corrected chi connectivity index (χ2v) is 19.4. The van der Waals surface area contributed by atoms with Gasteiger partial charge in [-0.2, -0.15) is 8.61 Å². The first kappa shape index (κ1) is 42.0. The number of sulfonamides is 2. The number of benzene rings is 4. The van der Waals surface area contributed by atoms with Crippen LogP contribution in [0, 0.1) is 23.3 Å². The zero-order valence-corrected chi connectivity index (χ0v) is 34.9. The van der Waals surface area contributed by atoms with Gasteiger partial charge in [0.1, 0.15) is 23.3 Å². The van der Waals surface area contributed by atoms with Gasteiger partial charge in [0.05, 0.1) is 26.2 Å². The molecule has 0 bridgehead atoms. The standard InChI is InChI=1S/2C19H16ClF2N3O2S2/c20-14-8-13(9-16(22)10-14)18-12-28-19(23-18)24-4-6-25(7-5-24)29(26,27)17-3-1-2-15(21)11-17;20-16-5-4-13(10-17(16)22)18-12-28-19(23-18)24-6-8-25(9-7-24)29(26,27)15-3-1-2-14(21)11-15/h1-3,8-12H,4-7H2;1-5,10-12H,6-9H2. The number of piperazine rings is 2. The van der Waals surface area contributed by atoms with E-state index in [0.717, 1.165) is 22.4 Å². The maximum atomic E-state index is 13.7. The quantitative estimate of drug-likeness (QED) is 0.140. The van der Waals surface area contributed by atoms with Crippen LogP contribution in [-0.2, 0) is 20.0 Å². The third-order valence-corrected chi connectivity index (χ3v) is 15.4. The number of halogens is 6. The molecule has 2 saturated heterocycles. The molecule has 304 valence electrons. The molecular weight excluding hydrogens is 880 g/mol. The molecule has 4 aromatic carbocycles. The van der Waals surface area contributed by atoms with Crippen LogP contribution in [0.3, 0.4) is 0 Å². The minimum Gasteiger partial charge on any atom is -0.345 e. The second-order valence-electron chi connectivity index (χ2n) is 13.0. The molecular formula is C38H32Cl2F4N6O4S4. The number of hydrogen-bond donors (Lipinski definition) is 0. The van der Waals surface area contributed by atoms with E-state index in [1.165, 1.54) is 91.9 Å². The summed E-state index contributed by atoms with van der Waals surface area (Å²) in [7, 11) is -7.49. The van der Waals surface area contributed by atoms with Gasteiger partial charge in [0.15, 0.2) is 10.3 Å². The molecule has 0 saturated carbocycles. The first-order valence-corrected chi connectivity index (χ1v) is 22.9. The SMILES string of the molecule is O=S(=O)(c1cccc(F)c1)N1CCN(c2nc(-c3cc(F)cc(Cl)c3)cs2)CC1.O=S(=O)(c1cccc(F)c1)N1CCN(c2nc(-c3ccc(Cl)c(F)c3)cs2)CC1. The van der Waals surface area contributed by atoms with Gasteiger partial charge in [-0.15, -0.1) is 22.7 Å². The van der Waals surface area contributed by atoms with Crippen molar-refractivity contribution >= 4 is 76.2 Å². The number of hydrogen-bond acceptors (Lipinski definition) is 10. The Balaban J connectivity index is 0.000000177. The van der Waals surface area contributed by atoms with Crippen LogP contribution in [-0.4, -0.2) is 87.8 Å². The van der Waals surface area contributed by atoms with Crippen molar-refractivity contribution in [1.29, 1.82) is 0 Å². The van der Waals surface area contributed by atoms with E-state index in [1.54, 1.807) is 12.1 Å². The van der Waals surface area contributed by atoms with E-state index in [2.05, 4.69) is 9.97 Å². The minimum absolute atomic E-state index is 0.0488. The smallest absolute Gasteiger partial charge is 0.243 e. The Morgan fingerprint density at radius 1 is 0.534 bits per heavy atom. The zero-order chi connectivity index (χ0) is 41.2. The number of thiazole rings is 2. The predicted octanol–water partition coefficient (Wildman–Crippen LogP) is 8.51. The average molecular weight is 912 g/mol. The Kier molecular flexibility index (Phi) is 12.7. The third-order valence-electron chi connectivity index (χ3n) is 9.24. The molecule has 8 rings (SSSR count). The fourth-order valence-corrected chi connectivity index (χ4v) is 11.3. The van der Waals surface area contributed by atoms with Gasteiger partial charge in [-0.1, -0.05) is 41.4 Å². The van der Waals surface area contributed by atoms with Crippen molar-refractivity contribution in [1.82, 2.24) is 18.6 Å². The van der Waals surface area contributed by atoms with Crippen LogP contribution in [0.4, 0.5) is 27.8 Å². The van der Waals surface area contributed by atoms with Gasteiger partial charge in [-0.05, 0) is 66.7 Å². The summed E-state index contributed by atoms with van der Waals surface area (Å²) in [5.74, 6) is -2.11. The van der Waals surface area contributed by atoms with Crippen LogP contribution < -0.4 is 9.80 Å². The molecule has 58 heavy (non-hydrogen) atoms. The first-order chi connectivity index (χ1) is 27.7. The van der Waals surface area contributed by atoms with Crippen molar-refractivity contribution < 1.29 is 34.4 Å². The molecule has 6 aromatic rings. The Hall–Kier alpha value is -4.14. The van der Waals surface area contributed by atoms with Crippen molar-refractivity contribution in [2.75, 3.05) is 62.2 Å². The van der Waals surface area contributed by atoms with Gasteiger partial charge >= 0.3 is 0 Å². The summed E-state index contributed by atoms with van der Waals surface area (Å²) >= 11 is 14.4. The summed E-state index contributed by atoms with van der Waals surface area (Å²) in [6.45, 7) is 2.87. The van der Waals surface area contributed by atoms with Crippen LogP contribution in [0.15, 0.2) is 105 Å². The van der Waals surface area contributed by atoms with Crippen LogP contribution in [0.2, 0.25) is 10.0 Å². The molecule has 0 aliphatic carbocycles. The maximum Gasteiger partial charge on any atom is 0.243 e. The highest BCUT2D eigenvalue weighted by Gasteiger charge is 2.31. The van der Waals surface area contributed by atoms with E-state index in [1.807, 2.05) is 20.6 Å². The summed E-state index contributed by atoms with van der Waals surface area (Å²) in [6.07, 6.45) is 0. The lowest BCUT2D eigenvalue weighted by Gasteiger charge is -2.33. The molecule has 4 heterocycles. The summed E-state index contributed by atoms with van der Waals surface area (Å²) in [4.78, 5) is 13.0. The highest BCUT2D eigenvalue weighted by molar-refractivity contribution is 7.89. The number of nitrogens with zero attached hydrogens (tertiary/aromatic N) is 6. The van der Waals surface area contributed by atoms with Crippen molar-refractivity contribution in [3.63, 3.8) is 0 Å². The lowest BCUT2D eigenvalue weighted by Crippen LogP contribution is -2.48. The molecule has 0 spiro atoms. The normalized spacial score (nSPS) is 15.6. The van der Waals surface area contributed by atoms with Gasteiger partial charge in [0, 0.05) is 79.3 Å². The number of anilines is 2. The summed E-state index contributed by atoms with van der Waals surface area (Å²) in [6, 6.07) is 18.8. The Morgan fingerprint density at radius 3 is 1.47 bits per heavy atom. The third kappa shape index (κ3) is 9.50. The van der Waals surface area contributed by atoms with Gasteiger partial charge < -0.3 is 9.80 Å². The Bertz CT molecular complexity index is 2630. The number of rotatable bonds is 8. The van der Waals surface area contributed by atoms with E-state index in [0.29, 0.717) is 53.7 Å². The van der Waals surface area contributed by atoms with Crippen LogP contribution in [0.1, 0.15) is 0 Å². The molecule has 2 aromatic heterocycles. The summed E-state index contributed by atoms with van der Waals surface area (Å²) < 4.78 is 108. The summed E-state index contributed by atoms with van der Waals surface area (Å²) in [5.41, 5.74) is 2.46. The van der Waals surface area contributed by atoms with E-state index < -0.39 is 43.3 Å². The van der Waals surface area contributed by atoms with Crippen LogP contribution in [0.5, 0.6) is 0 Å². The monoisotopic (exact) mass is 910 g/mol. The molecule has 2 aliphatic rings. The van der Waals surface area contributed by atoms with Crippen molar-refractivity contribution in [3.05, 3.63) is 129 Å². The predicted molar refractivity (Wildman–Crippen MR) is 220 cm³/mol.